The maximum Gasteiger partial charge on any atom is 0.220 e. The molecule has 1 fully saturated rings. The van der Waals surface area contributed by atoms with E-state index in [9.17, 15) is 30.3 Å². The lowest BCUT2D eigenvalue weighted by Gasteiger charge is -2.40. The first-order valence-corrected chi connectivity index (χ1v) is 33.5. The molecule has 7 atom stereocenters. The number of hydrogen-bond donors (Lipinski definition) is 6. The molecular weight excluding hydrogens is 947 g/mol. The molecular formula is C67H129NO8. The highest BCUT2D eigenvalue weighted by molar-refractivity contribution is 5.76. The van der Waals surface area contributed by atoms with Gasteiger partial charge in [-0.15, -0.1) is 0 Å². The first-order chi connectivity index (χ1) is 37.3. The summed E-state index contributed by atoms with van der Waals surface area (Å²) in [5.41, 5.74) is 0. The molecule has 0 radical (unpaired) electrons. The molecule has 9 heteroatoms. The number of unbranched alkanes of at least 4 members (excludes halogenated alkanes) is 45. The highest BCUT2D eigenvalue weighted by Gasteiger charge is 2.44. The maximum atomic E-state index is 13.1. The van der Waals surface area contributed by atoms with Crippen molar-refractivity contribution in [1.82, 2.24) is 5.32 Å². The van der Waals surface area contributed by atoms with E-state index in [1.54, 1.807) is 0 Å². The lowest BCUT2D eigenvalue weighted by Crippen LogP contribution is -2.60. The molecule has 1 amide bonds. The molecule has 9 nitrogen and oxygen atoms in total. The second-order valence-corrected chi connectivity index (χ2v) is 23.6. The molecule has 76 heavy (non-hydrogen) atoms. The summed E-state index contributed by atoms with van der Waals surface area (Å²) in [7, 11) is 0. The molecule has 0 spiro atoms. The molecule has 7 unspecified atom stereocenters. The second kappa shape index (κ2) is 56.9. The van der Waals surface area contributed by atoms with Gasteiger partial charge in [-0.05, 0) is 44.9 Å². The summed E-state index contributed by atoms with van der Waals surface area (Å²) in [6, 6.07) is -0.717. The molecule has 1 saturated heterocycles. The summed E-state index contributed by atoms with van der Waals surface area (Å²) in [6.45, 7) is 3.87. The Morgan fingerprint density at radius 3 is 1.13 bits per heavy atom. The smallest absolute Gasteiger partial charge is 0.220 e. The number of aliphatic hydroxyl groups excluding tert-OH is 5. The lowest BCUT2D eigenvalue weighted by atomic mass is 9.99. The number of carbonyl (C=O) groups excluding carboxylic acids is 1. The predicted molar refractivity (Wildman–Crippen MR) is 323 cm³/mol. The van der Waals surface area contributed by atoms with Crippen LogP contribution in [0.2, 0.25) is 0 Å². The fraction of sp³-hybridized carbons (Fsp3) is 0.925. The Kier molecular flexibility index (Phi) is 54.4. The van der Waals surface area contributed by atoms with Crippen LogP contribution in [0, 0.1) is 0 Å². The van der Waals surface area contributed by atoms with E-state index in [1.807, 2.05) is 0 Å². The molecule has 1 heterocycles. The van der Waals surface area contributed by atoms with Crippen LogP contribution in [0.15, 0.2) is 24.3 Å². The normalized spacial score (nSPS) is 18.9. The summed E-state index contributed by atoms with van der Waals surface area (Å²) in [5, 5.41) is 54.7. The average molecular weight is 1080 g/mol. The highest BCUT2D eigenvalue weighted by atomic mass is 16.7. The van der Waals surface area contributed by atoms with E-state index in [0.717, 1.165) is 44.9 Å². The largest absolute Gasteiger partial charge is 0.394 e. The summed E-state index contributed by atoms with van der Waals surface area (Å²) in [6.07, 6.45) is 66.9. The van der Waals surface area contributed by atoms with Crippen LogP contribution >= 0.6 is 0 Å². The van der Waals surface area contributed by atoms with E-state index in [-0.39, 0.29) is 12.5 Å². The fourth-order valence-corrected chi connectivity index (χ4v) is 11.0. The maximum absolute atomic E-state index is 13.1. The molecule has 0 aromatic carbocycles. The third-order valence-corrected chi connectivity index (χ3v) is 16.3. The lowest BCUT2D eigenvalue weighted by molar-refractivity contribution is -0.302. The van der Waals surface area contributed by atoms with Crippen LogP contribution in [0.25, 0.3) is 0 Å². The van der Waals surface area contributed by atoms with Gasteiger partial charge in [0.25, 0.3) is 0 Å². The number of amides is 1. The van der Waals surface area contributed by atoms with Crippen molar-refractivity contribution in [2.45, 2.75) is 384 Å². The zero-order valence-corrected chi connectivity index (χ0v) is 50.3. The van der Waals surface area contributed by atoms with Crippen molar-refractivity contribution in [3.63, 3.8) is 0 Å². The van der Waals surface area contributed by atoms with E-state index in [2.05, 4.69) is 43.5 Å². The SMILES string of the molecule is CCCCCCCCCCCCCCCCC/C=C\C/C=C\CCCCCCCCCCCCCCCCCCCC(=O)NC(COC1OC(CO)C(O)C(O)C1O)C(O)CCCCCCCCCCCCCCCC. The van der Waals surface area contributed by atoms with Crippen LogP contribution in [0.1, 0.15) is 341 Å². The first-order valence-electron chi connectivity index (χ1n) is 33.5. The van der Waals surface area contributed by atoms with E-state index in [4.69, 9.17) is 9.47 Å². The summed E-state index contributed by atoms with van der Waals surface area (Å²) in [4.78, 5) is 13.1. The molecule has 450 valence electrons. The van der Waals surface area contributed by atoms with Gasteiger partial charge in [-0.25, -0.2) is 0 Å². The second-order valence-electron chi connectivity index (χ2n) is 23.6. The van der Waals surface area contributed by atoms with Crippen LogP contribution in [0.5, 0.6) is 0 Å². The van der Waals surface area contributed by atoms with Crippen molar-refractivity contribution in [2.24, 2.45) is 0 Å². The van der Waals surface area contributed by atoms with Gasteiger partial charge in [0.05, 0.1) is 25.4 Å². The van der Waals surface area contributed by atoms with Crippen molar-refractivity contribution in [3.05, 3.63) is 24.3 Å². The number of allylic oxidation sites excluding steroid dienone is 4. The minimum Gasteiger partial charge on any atom is -0.394 e. The quantitative estimate of drug-likeness (QED) is 0.0261. The van der Waals surface area contributed by atoms with Gasteiger partial charge in [-0.3, -0.25) is 4.79 Å². The molecule has 1 aliphatic rings. The standard InChI is InChI=1S/C67H129NO8/c1-3-5-7-9-11-13-15-17-19-20-21-22-23-24-25-26-27-28-29-30-31-32-33-34-35-36-37-38-39-40-41-42-43-45-47-49-51-53-55-57-63(71)68-60(59-75-67-66(74)65(73)64(72)62(58-69)76-67)61(70)56-54-52-50-48-46-44-18-16-14-12-10-8-6-4-2/h27-28,30-31,60-62,64-67,69-70,72-74H,3-26,29,32-59H2,1-2H3,(H,68,71)/b28-27-,31-30-. The van der Waals surface area contributed by atoms with Gasteiger partial charge in [0.2, 0.25) is 5.91 Å². The Hall–Kier alpha value is -1.33. The third kappa shape index (κ3) is 45.4. The number of ether oxygens (including phenoxy) is 2. The average Bonchev–Trinajstić information content (AvgIpc) is 3.42. The van der Waals surface area contributed by atoms with Gasteiger partial charge in [-0.2, -0.15) is 0 Å². The Morgan fingerprint density at radius 1 is 0.447 bits per heavy atom. The van der Waals surface area contributed by atoms with Crippen molar-refractivity contribution >= 4 is 5.91 Å². The Labute approximate surface area is 470 Å². The Bertz CT molecular complexity index is 1250. The van der Waals surface area contributed by atoms with Gasteiger partial charge >= 0.3 is 0 Å². The Balaban J connectivity index is 2.03. The highest BCUT2D eigenvalue weighted by Crippen LogP contribution is 2.24. The summed E-state index contributed by atoms with van der Waals surface area (Å²) in [5.74, 6) is -0.139. The first kappa shape index (κ1) is 72.7. The van der Waals surface area contributed by atoms with E-state index in [0.29, 0.717) is 12.8 Å². The molecule has 0 aliphatic carbocycles. The summed E-state index contributed by atoms with van der Waals surface area (Å²) >= 11 is 0. The topological polar surface area (TPSA) is 149 Å². The van der Waals surface area contributed by atoms with Crippen LogP contribution in [0.3, 0.4) is 0 Å². The minimum atomic E-state index is -1.55. The predicted octanol–water partition coefficient (Wildman–Crippen LogP) is 17.7. The van der Waals surface area contributed by atoms with Crippen LogP contribution < -0.4 is 5.32 Å². The monoisotopic (exact) mass is 1080 g/mol. The van der Waals surface area contributed by atoms with Crippen LogP contribution in [-0.2, 0) is 14.3 Å². The van der Waals surface area contributed by atoms with Crippen molar-refractivity contribution in [2.75, 3.05) is 13.2 Å². The molecule has 0 aromatic rings. The van der Waals surface area contributed by atoms with Crippen molar-refractivity contribution in [3.8, 4) is 0 Å². The van der Waals surface area contributed by atoms with E-state index in [1.165, 1.54) is 270 Å². The van der Waals surface area contributed by atoms with Crippen molar-refractivity contribution in [1.29, 1.82) is 0 Å². The number of aliphatic hydroxyl groups is 5. The van der Waals surface area contributed by atoms with Gasteiger partial charge in [0, 0.05) is 6.42 Å². The van der Waals surface area contributed by atoms with E-state index >= 15 is 0 Å². The number of nitrogens with one attached hydrogen (secondary N) is 1. The number of rotatable bonds is 59. The van der Waals surface area contributed by atoms with Gasteiger partial charge < -0.3 is 40.3 Å². The molecule has 0 bridgehead atoms. The number of carbonyl (C=O) groups is 1. The third-order valence-electron chi connectivity index (χ3n) is 16.3. The molecule has 6 N–H and O–H groups in total. The molecule has 0 aromatic heterocycles. The molecule has 0 saturated carbocycles. The van der Waals surface area contributed by atoms with Crippen LogP contribution in [-0.4, -0.2) is 87.5 Å². The zero-order valence-electron chi connectivity index (χ0n) is 50.3. The van der Waals surface area contributed by atoms with E-state index < -0.39 is 49.5 Å². The van der Waals surface area contributed by atoms with Gasteiger partial charge in [-0.1, -0.05) is 314 Å². The fourth-order valence-electron chi connectivity index (χ4n) is 11.0. The van der Waals surface area contributed by atoms with Crippen molar-refractivity contribution < 1.29 is 39.8 Å². The molecule has 1 aliphatic heterocycles. The minimum absolute atomic E-state index is 0.134. The van der Waals surface area contributed by atoms with Gasteiger partial charge in [0.1, 0.15) is 24.4 Å². The van der Waals surface area contributed by atoms with Crippen LogP contribution in [0.4, 0.5) is 0 Å². The summed E-state index contributed by atoms with van der Waals surface area (Å²) < 4.78 is 11.3. The Morgan fingerprint density at radius 2 is 0.776 bits per heavy atom. The number of hydrogen-bond acceptors (Lipinski definition) is 8. The zero-order chi connectivity index (χ0) is 55.0. The van der Waals surface area contributed by atoms with Gasteiger partial charge in [0.15, 0.2) is 6.29 Å². The molecule has 1 rings (SSSR count).